The Morgan fingerprint density at radius 1 is 1.23 bits per heavy atom. The van der Waals surface area contributed by atoms with Crippen molar-refractivity contribution in [3.05, 3.63) is 34.9 Å². The predicted octanol–water partition coefficient (Wildman–Crippen LogP) is 3.83. The second-order valence-electron chi connectivity index (χ2n) is 6.09. The zero-order valence-electron chi connectivity index (χ0n) is 13.5. The van der Waals surface area contributed by atoms with Crippen LogP contribution in [0, 0.1) is 0 Å². The summed E-state index contributed by atoms with van der Waals surface area (Å²) in [5.74, 6) is 0.0739. The summed E-state index contributed by atoms with van der Waals surface area (Å²) in [6, 6.07) is 7.65. The van der Waals surface area contributed by atoms with Gasteiger partial charge in [-0.15, -0.1) is 0 Å². The van der Waals surface area contributed by atoms with Gasteiger partial charge < -0.3 is 10.2 Å². The van der Waals surface area contributed by atoms with E-state index in [2.05, 4.69) is 17.1 Å². The molecule has 1 aromatic rings. The van der Waals surface area contributed by atoms with Crippen LogP contribution < -0.4 is 5.32 Å². The van der Waals surface area contributed by atoms with E-state index in [0.29, 0.717) is 5.02 Å². The average molecular weight is 323 g/mol. The molecule has 1 unspecified atom stereocenters. The number of hydrogen-bond donors (Lipinski definition) is 1. The van der Waals surface area contributed by atoms with Crippen LogP contribution in [0.4, 0.5) is 0 Å². The highest BCUT2D eigenvalue weighted by atomic mass is 35.5. The van der Waals surface area contributed by atoms with Crippen molar-refractivity contribution >= 4 is 17.5 Å². The SMILES string of the molecule is CCCC(C(=O)NCCN1CCCCC1)c1ccc(Cl)cc1. The van der Waals surface area contributed by atoms with Gasteiger partial charge in [-0.1, -0.05) is 43.5 Å². The molecule has 1 N–H and O–H groups in total. The summed E-state index contributed by atoms with van der Waals surface area (Å²) < 4.78 is 0. The summed E-state index contributed by atoms with van der Waals surface area (Å²) in [5, 5.41) is 3.83. The standard InChI is InChI=1S/C18H27ClN2O/c1-2-6-17(15-7-9-16(19)10-8-15)18(22)20-11-14-21-12-4-3-5-13-21/h7-10,17H,2-6,11-14H2,1H3,(H,20,22). The maximum atomic E-state index is 12.5. The van der Waals surface area contributed by atoms with Gasteiger partial charge in [0.05, 0.1) is 5.92 Å². The topological polar surface area (TPSA) is 32.3 Å². The number of halogens is 1. The van der Waals surface area contributed by atoms with Crippen LogP contribution in [0.15, 0.2) is 24.3 Å². The lowest BCUT2D eigenvalue weighted by Crippen LogP contribution is -2.39. The molecule has 3 nitrogen and oxygen atoms in total. The molecule has 0 spiro atoms. The quantitative estimate of drug-likeness (QED) is 0.827. The number of hydrogen-bond acceptors (Lipinski definition) is 2. The summed E-state index contributed by atoms with van der Waals surface area (Å²) in [6.07, 6.45) is 5.79. The van der Waals surface area contributed by atoms with Gasteiger partial charge in [-0.25, -0.2) is 0 Å². The highest BCUT2D eigenvalue weighted by Gasteiger charge is 2.19. The van der Waals surface area contributed by atoms with Gasteiger partial charge in [0.15, 0.2) is 0 Å². The third kappa shape index (κ3) is 5.29. The molecule has 1 aliphatic rings. The maximum Gasteiger partial charge on any atom is 0.227 e. The Morgan fingerprint density at radius 3 is 2.55 bits per heavy atom. The molecule has 22 heavy (non-hydrogen) atoms. The monoisotopic (exact) mass is 322 g/mol. The first-order valence-corrected chi connectivity index (χ1v) is 8.84. The lowest BCUT2D eigenvalue weighted by atomic mass is 9.93. The van der Waals surface area contributed by atoms with Gasteiger partial charge in [-0.3, -0.25) is 4.79 Å². The maximum absolute atomic E-state index is 12.5. The predicted molar refractivity (Wildman–Crippen MR) is 92.4 cm³/mol. The van der Waals surface area contributed by atoms with Crippen LogP contribution in [0.5, 0.6) is 0 Å². The fourth-order valence-electron chi connectivity index (χ4n) is 3.08. The van der Waals surface area contributed by atoms with Crippen LogP contribution in [0.1, 0.15) is 50.5 Å². The zero-order valence-corrected chi connectivity index (χ0v) is 14.2. The van der Waals surface area contributed by atoms with Crippen LogP contribution >= 0.6 is 11.6 Å². The van der Waals surface area contributed by atoms with E-state index in [1.54, 1.807) is 0 Å². The molecule has 1 heterocycles. The van der Waals surface area contributed by atoms with Gasteiger partial charge in [0.1, 0.15) is 0 Å². The Morgan fingerprint density at radius 2 is 1.91 bits per heavy atom. The molecule has 1 amide bonds. The number of carbonyl (C=O) groups excluding carboxylic acids is 1. The summed E-state index contributed by atoms with van der Waals surface area (Å²) in [5.41, 5.74) is 1.06. The molecule has 1 fully saturated rings. The minimum absolute atomic E-state index is 0.0661. The van der Waals surface area contributed by atoms with Crippen molar-refractivity contribution in [1.29, 1.82) is 0 Å². The fraction of sp³-hybridized carbons (Fsp3) is 0.611. The van der Waals surface area contributed by atoms with Gasteiger partial charge in [-0.05, 0) is 50.0 Å². The number of amides is 1. The number of rotatable bonds is 7. The summed E-state index contributed by atoms with van der Waals surface area (Å²) >= 11 is 5.94. The van der Waals surface area contributed by atoms with Crippen molar-refractivity contribution in [2.45, 2.75) is 44.9 Å². The Kier molecular flexibility index (Phi) is 7.20. The number of nitrogens with one attached hydrogen (secondary N) is 1. The minimum Gasteiger partial charge on any atom is -0.354 e. The smallest absolute Gasteiger partial charge is 0.227 e. The molecule has 1 aromatic carbocycles. The minimum atomic E-state index is -0.0661. The van der Waals surface area contributed by atoms with Gasteiger partial charge in [0.2, 0.25) is 5.91 Å². The lowest BCUT2D eigenvalue weighted by molar-refractivity contribution is -0.122. The third-order valence-electron chi connectivity index (χ3n) is 4.34. The van der Waals surface area contributed by atoms with E-state index in [1.807, 2.05) is 24.3 Å². The molecule has 0 bridgehead atoms. The highest BCUT2D eigenvalue weighted by Crippen LogP contribution is 2.23. The molecule has 122 valence electrons. The van der Waals surface area contributed by atoms with Crippen LogP contribution in [-0.2, 0) is 4.79 Å². The number of likely N-dealkylation sites (tertiary alicyclic amines) is 1. The van der Waals surface area contributed by atoms with E-state index >= 15 is 0 Å². The van der Waals surface area contributed by atoms with E-state index in [9.17, 15) is 4.79 Å². The molecule has 0 aromatic heterocycles. The van der Waals surface area contributed by atoms with Crippen molar-refractivity contribution in [2.75, 3.05) is 26.2 Å². The second-order valence-corrected chi connectivity index (χ2v) is 6.52. The van der Waals surface area contributed by atoms with Crippen LogP contribution in [0.2, 0.25) is 5.02 Å². The largest absolute Gasteiger partial charge is 0.354 e. The average Bonchev–Trinajstić information content (AvgIpc) is 2.54. The third-order valence-corrected chi connectivity index (χ3v) is 4.59. The van der Waals surface area contributed by atoms with Crippen molar-refractivity contribution in [1.82, 2.24) is 10.2 Å². The van der Waals surface area contributed by atoms with Gasteiger partial charge in [0.25, 0.3) is 0 Å². The van der Waals surface area contributed by atoms with Gasteiger partial charge >= 0.3 is 0 Å². The molecule has 1 atom stereocenters. The van der Waals surface area contributed by atoms with Crippen molar-refractivity contribution in [2.24, 2.45) is 0 Å². The second kappa shape index (κ2) is 9.16. The van der Waals surface area contributed by atoms with Crippen LogP contribution in [0.25, 0.3) is 0 Å². The van der Waals surface area contributed by atoms with E-state index in [-0.39, 0.29) is 11.8 Å². The number of carbonyl (C=O) groups is 1. The van der Waals surface area contributed by atoms with Crippen molar-refractivity contribution in [3.63, 3.8) is 0 Å². The molecule has 2 rings (SSSR count). The summed E-state index contributed by atoms with van der Waals surface area (Å²) in [6.45, 7) is 6.17. The Labute approximate surface area is 139 Å². The zero-order chi connectivity index (χ0) is 15.8. The number of nitrogens with zero attached hydrogens (tertiary/aromatic N) is 1. The first-order valence-electron chi connectivity index (χ1n) is 8.46. The molecule has 0 aliphatic carbocycles. The van der Waals surface area contributed by atoms with Crippen molar-refractivity contribution in [3.8, 4) is 0 Å². The summed E-state index contributed by atoms with van der Waals surface area (Å²) in [4.78, 5) is 14.9. The first kappa shape index (κ1) is 17.3. The van der Waals surface area contributed by atoms with E-state index in [4.69, 9.17) is 11.6 Å². The molecular weight excluding hydrogens is 296 g/mol. The van der Waals surface area contributed by atoms with Crippen LogP contribution in [-0.4, -0.2) is 37.0 Å². The molecule has 0 radical (unpaired) electrons. The van der Waals surface area contributed by atoms with Crippen LogP contribution in [0.3, 0.4) is 0 Å². The lowest BCUT2D eigenvalue weighted by Gasteiger charge is -2.26. The van der Waals surface area contributed by atoms with Crippen molar-refractivity contribution < 1.29 is 4.79 Å². The summed E-state index contributed by atoms with van der Waals surface area (Å²) in [7, 11) is 0. The normalized spacial score (nSPS) is 17.2. The van der Waals surface area contributed by atoms with Gasteiger partial charge in [0, 0.05) is 18.1 Å². The highest BCUT2D eigenvalue weighted by molar-refractivity contribution is 6.30. The van der Waals surface area contributed by atoms with E-state index < -0.39 is 0 Å². The Bertz CT molecular complexity index is 455. The molecular formula is C18H27ClN2O. The Balaban J connectivity index is 1.84. The number of piperidine rings is 1. The molecule has 1 saturated heterocycles. The first-order chi connectivity index (χ1) is 10.7. The number of benzene rings is 1. The van der Waals surface area contributed by atoms with Gasteiger partial charge in [-0.2, -0.15) is 0 Å². The van der Waals surface area contributed by atoms with E-state index in [0.717, 1.165) is 31.5 Å². The Hall–Kier alpha value is -1.06. The van der Waals surface area contributed by atoms with E-state index in [1.165, 1.54) is 32.4 Å². The molecule has 0 saturated carbocycles. The molecule has 1 aliphatic heterocycles. The fourth-order valence-corrected chi connectivity index (χ4v) is 3.20. The molecule has 4 heteroatoms.